The first-order chi connectivity index (χ1) is 12.2. The van der Waals surface area contributed by atoms with Crippen molar-refractivity contribution in [1.82, 2.24) is 30.0 Å². The third-order valence-electron chi connectivity index (χ3n) is 4.37. The van der Waals surface area contributed by atoms with Gasteiger partial charge in [-0.25, -0.2) is 9.07 Å². The van der Waals surface area contributed by atoms with Crippen molar-refractivity contribution in [3.05, 3.63) is 41.5 Å². The summed E-state index contributed by atoms with van der Waals surface area (Å²) < 4.78 is 14.9. The minimum Gasteiger partial charge on any atom is -0.337 e. The molecule has 7 nitrogen and oxygen atoms in total. The Morgan fingerprint density at radius 2 is 1.96 bits per heavy atom. The van der Waals surface area contributed by atoms with E-state index in [2.05, 4.69) is 27.3 Å². The maximum Gasteiger partial charge on any atom is 0.253 e. The molecular formula is C17H23FN6O. The molecule has 0 radical (unpaired) electrons. The lowest BCUT2D eigenvalue weighted by Crippen LogP contribution is -2.35. The zero-order valence-corrected chi connectivity index (χ0v) is 14.4. The van der Waals surface area contributed by atoms with Gasteiger partial charge in [0, 0.05) is 38.3 Å². The monoisotopic (exact) mass is 346 g/mol. The van der Waals surface area contributed by atoms with Crippen molar-refractivity contribution in [1.29, 1.82) is 0 Å². The molecule has 0 unspecified atom stereocenters. The largest absolute Gasteiger partial charge is 0.337 e. The number of tetrazole rings is 1. The average molecular weight is 346 g/mol. The number of nitrogens with zero attached hydrogens (tertiary/aromatic N) is 6. The molecule has 3 rings (SSSR count). The van der Waals surface area contributed by atoms with Gasteiger partial charge in [0.05, 0.1) is 6.54 Å². The highest BCUT2D eigenvalue weighted by molar-refractivity contribution is 5.94. The Hall–Kier alpha value is -2.35. The van der Waals surface area contributed by atoms with E-state index in [4.69, 9.17) is 0 Å². The Balaban J connectivity index is 1.59. The maximum absolute atomic E-state index is 13.0. The van der Waals surface area contributed by atoms with Gasteiger partial charge < -0.3 is 4.90 Å². The molecule has 1 saturated heterocycles. The number of rotatable bonds is 5. The predicted octanol–water partition coefficient (Wildman–Crippen LogP) is 1.57. The second-order valence-electron chi connectivity index (χ2n) is 6.25. The van der Waals surface area contributed by atoms with Gasteiger partial charge in [0.15, 0.2) is 5.82 Å². The number of hydrogen-bond acceptors (Lipinski definition) is 5. The molecular weight excluding hydrogens is 323 g/mol. The van der Waals surface area contributed by atoms with Crippen LogP contribution in [0.3, 0.4) is 0 Å². The molecule has 1 fully saturated rings. The van der Waals surface area contributed by atoms with Gasteiger partial charge in [-0.2, -0.15) is 0 Å². The fourth-order valence-electron chi connectivity index (χ4n) is 3.03. The smallest absolute Gasteiger partial charge is 0.253 e. The molecule has 0 aliphatic carbocycles. The molecule has 8 heteroatoms. The molecule has 134 valence electrons. The average Bonchev–Trinajstić information content (AvgIpc) is 2.91. The van der Waals surface area contributed by atoms with Crippen LogP contribution in [0.1, 0.15) is 35.9 Å². The van der Waals surface area contributed by atoms with Gasteiger partial charge >= 0.3 is 0 Å². The van der Waals surface area contributed by atoms with Gasteiger partial charge in [-0.15, -0.1) is 5.10 Å². The number of carbonyl (C=O) groups excluding carboxylic acids is 1. The zero-order chi connectivity index (χ0) is 17.6. The van der Waals surface area contributed by atoms with Crippen molar-refractivity contribution in [3.8, 4) is 0 Å². The Bertz CT molecular complexity index is 701. The highest BCUT2D eigenvalue weighted by Gasteiger charge is 2.21. The summed E-state index contributed by atoms with van der Waals surface area (Å²) in [6.07, 6.45) is 1.88. The van der Waals surface area contributed by atoms with Gasteiger partial charge in [0.25, 0.3) is 5.91 Å². The van der Waals surface area contributed by atoms with Crippen LogP contribution in [0.25, 0.3) is 0 Å². The highest BCUT2D eigenvalue weighted by atomic mass is 19.1. The molecule has 25 heavy (non-hydrogen) atoms. The summed E-state index contributed by atoms with van der Waals surface area (Å²) >= 11 is 0. The molecule has 1 aliphatic rings. The number of benzene rings is 1. The summed E-state index contributed by atoms with van der Waals surface area (Å²) in [6.45, 7) is 6.60. The number of halogens is 1. The molecule has 2 aromatic rings. The van der Waals surface area contributed by atoms with Crippen LogP contribution in [0.5, 0.6) is 0 Å². The van der Waals surface area contributed by atoms with Crippen LogP contribution in [-0.4, -0.2) is 62.1 Å². The first-order valence-electron chi connectivity index (χ1n) is 8.69. The van der Waals surface area contributed by atoms with Crippen LogP contribution in [0.15, 0.2) is 24.3 Å². The van der Waals surface area contributed by atoms with Crippen LogP contribution in [0.2, 0.25) is 0 Å². The fourth-order valence-corrected chi connectivity index (χ4v) is 3.03. The van der Waals surface area contributed by atoms with E-state index >= 15 is 0 Å². The van der Waals surface area contributed by atoms with Gasteiger partial charge in [-0.3, -0.25) is 9.69 Å². The van der Waals surface area contributed by atoms with Crippen molar-refractivity contribution >= 4 is 5.91 Å². The molecule has 2 heterocycles. The fraction of sp³-hybridized carbons (Fsp3) is 0.529. The minimum atomic E-state index is -0.330. The van der Waals surface area contributed by atoms with Crippen LogP contribution >= 0.6 is 0 Å². The molecule has 0 N–H and O–H groups in total. The molecule has 0 spiro atoms. The van der Waals surface area contributed by atoms with Crippen LogP contribution in [0.4, 0.5) is 4.39 Å². The second-order valence-corrected chi connectivity index (χ2v) is 6.25. The van der Waals surface area contributed by atoms with Crippen molar-refractivity contribution in [2.75, 3.05) is 26.2 Å². The Morgan fingerprint density at radius 3 is 2.72 bits per heavy atom. The quantitative estimate of drug-likeness (QED) is 0.822. The van der Waals surface area contributed by atoms with Crippen molar-refractivity contribution < 1.29 is 9.18 Å². The third kappa shape index (κ3) is 4.39. The van der Waals surface area contributed by atoms with E-state index in [0.717, 1.165) is 38.3 Å². The standard InChI is InChI=1S/C17H23FN6O/c1-2-8-24-16(19-20-21-24)13-22-9-3-10-23(12-11-22)17(25)14-4-6-15(18)7-5-14/h4-7H,2-3,8-13H2,1H3. The minimum absolute atomic E-state index is 0.0438. The molecule has 1 aromatic heterocycles. The van der Waals surface area contributed by atoms with E-state index in [-0.39, 0.29) is 11.7 Å². The Morgan fingerprint density at radius 1 is 1.16 bits per heavy atom. The lowest BCUT2D eigenvalue weighted by atomic mass is 10.2. The van der Waals surface area contributed by atoms with Crippen molar-refractivity contribution in [3.63, 3.8) is 0 Å². The summed E-state index contributed by atoms with van der Waals surface area (Å²) in [7, 11) is 0. The highest BCUT2D eigenvalue weighted by Crippen LogP contribution is 2.12. The number of aryl methyl sites for hydroxylation is 1. The number of amides is 1. The Labute approximate surface area is 146 Å². The Kier molecular flexibility index (Phi) is 5.70. The number of aromatic nitrogens is 4. The van der Waals surface area contributed by atoms with E-state index in [1.807, 2.05) is 9.58 Å². The normalized spacial score (nSPS) is 16.0. The topological polar surface area (TPSA) is 67.2 Å². The lowest BCUT2D eigenvalue weighted by Gasteiger charge is -2.21. The molecule has 0 saturated carbocycles. The van der Waals surface area contributed by atoms with Gasteiger partial charge in [0.1, 0.15) is 5.82 Å². The summed E-state index contributed by atoms with van der Waals surface area (Å²) in [5.74, 6) is 0.487. The first kappa shape index (κ1) is 17.5. The van der Waals surface area contributed by atoms with Crippen molar-refractivity contribution in [2.24, 2.45) is 0 Å². The van der Waals surface area contributed by atoms with Gasteiger partial charge in [-0.05, 0) is 47.5 Å². The summed E-state index contributed by atoms with van der Waals surface area (Å²) in [4.78, 5) is 16.7. The van der Waals surface area contributed by atoms with Crippen molar-refractivity contribution in [2.45, 2.75) is 32.9 Å². The van der Waals surface area contributed by atoms with E-state index in [9.17, 15) is 9.18 Å². The van der Waals surface area contributed by atoms with E-state index in [1.165, 1.54) is 12.1 Å². The summed E-state index contributed by atoms with van der Waals surface area (Å²) in [5, 5.41) is 11.9. The number of hydrogen-bond donors (Lipinski definition) is 0. The molecule has 1 amide bonds. The molecule has 1 aliphatic heterocycles. The first-order valence-corrected chi connectivity index (χ1v) is 8.69. The van der Waals surface area contributed by atoms with E-state index in [1.54, 1.807) is 12.1 Å². The SMILES string of the molecule is CCCn1nnnc1CN1CCCN(C(=O)c2ccc(F)cc2)CC1. The zero-order valence-electron chi connectivity index (χ0n) is 14.4. The molecule has 1 aromatic carbocycles. The van der Waals surface area contributed by atoms with E-state index < -0.39 is 0 Å². The predicted molar refractivity (Wildman–Crippen MR) is 90.3 cm³/mol. The van der Waals surface area contributed by atoms with Crippen LogP contribution in [0, 0.1) is 5.82 Å². The number of carbonyl (C=O) groups is 1. The summed E-state index contributed by atoms with van der Waals surface area (Å²) in [5.41, 5.74) is 0.529. The summed E-state index contributed by atoms with van der Waals surface area (Å²) in [6, 6.07) is 5.73. The lowest BCUT2D eigenvalue weighted by molar-refractivity contribution is 0.0761. The van der Waals surface area contributed by atoms with Gasteiger partial charge in [0.2, 0.25) is 0 Å². The van der Waals surface area contributed by atoms with Crippen LogP contribution < -0.4 is 0 Å². The maximum atomic E-state index is 13.0. The van der Waals surface area contributed by atoms with E-state index in [0.29, 0.717) is 25.2 Å². The second kappa shape index (κ2) is 8.15. The third-order valence-corrected chi connectivity index (χ3v) is 4.37. The molecule has 0 atom stereocenters. The van der Waals surface area contributed by atoms with Gasteiger partial charge in [-0.1, -0.05) is 6.92 Å². The molecule has 0 bridgehead atoms. The van der Waals surface area contributed by atoms with Crippen LogP contribution in [-0.2, 0) is 13.1 Å².